The van der Waals surface area contributed by atoms with Gasteiger partial charge >= 0.3 is 0 Å². The van der Waals surface area contributed by atoms with Gasteiger partial charge in [-0.2, -0.15) is 0 Å². The molecule has 5 heteroatoms. The fourth-order valence-electron chi connectivity index (χ4n) is 2.13. The minimum Gasteiger partial charge on any atom is -0.352 e. The fraction of sp³-hybridized carbons (Fsp3) is 0.636. The zero-order chi connectivity index (χ0) is 11.5. The summed E-state index contributed by atoms with van der Waals surface area (Å²) in [6.07, 6.45) is 4.85. The smallest absolute Gasteiger partial charge is 0.133 e. The van der Waals surface area contributed by atoms with Gasteiger partial charge in [-0.25, -0.2) is 9.97 Å². The summed E-state index contributed by atoms with van der Waals surface area (Å²) < 4.78 is 0. The second kappa shape index (κ2) is 5.23. The number of thioether (sulfide) groups is 1. The molecule has 2 rings (SSSR count). The van der Waals surface area contributed by atoms with Crippen LogP contribution in [0.2, 0.25) is 0 Å². The van der Waals surface area contributed by atoms with E-state index in [-0.39, 0.29) is 0 Å². The molecule has 1 aliphatic rings. The number of alkyl halides is 1. The Balaban J connectivity index is 2.22. The quantitative estimate of drug-likeness (QED) is 0.473. The summed E-state index contributed by atoms with van der Waals surface area (Å²) in [7, 11) is 0. The number of rotatable bonds is 3. The molecule has 0 aromatic carbocycles. The lowest BCUT2D eigenvalue weighted by Crippen LogP contribution is -2.34. The van der Waals surface area contributed by atoms with Crippen LogP contribution in [0, 0.1) is 5.92 Å². The van der Waals surface area contributed by atoms with Gasteiger partial charge in [0.15, 0.2) is 0 Å². The lowest BCUT2D eigenvalue weighted by molar-refractivity contribution is 0.548. The van der Waals surface area contributed by atoms with Crippen LogP contribution in [0.5, 0.6) is 0 Å². The first-order chi connectivity index (χ1) is 7.76. The Morgan fingerprint density at radius 1 is 1.56 bits per heavy atom. The highest BCUT2D eigenvalue weighted by Crippen LogP contribution is 2.30. The van der Waals surface area contributed by atoms with Crippen LogP contribution in [0.1, 0.15) is 13.3 Å². The van der Waals surface area contributed by atoms with Gasteiger partial charge in [-0.15, -0.1) is 23.4 Å². The first kappa shape index (κ1) is 12.0. The molecule has 88 valence electrons. The van der Waals surface area contributed by atoms with Crippen molar-refractivity contribution < 1.29 is 0 Å². The molecule has 2 heterocycles. The van der Waals surface area contributed by atoms with Crippen LogP contribution in [0.25, 0.3) is 0 Å². The molecule has 0 radical (unpaired) electrons. The van der Waals surface area contributed by atoms with E-state index >= 15 is 0 Å². The van der Waals surface area contributed by atoms with Crippen molar-refractivity contribution in [2.45, 2.75) is 24.4 Å². The second-order valence-corrected chi connectivity index (χ2v) is 5.23. The van der Waals surface area contributed by atoms with E-state index in [2.05, 4.69) is 21.8 Å². The van der Waals surface area contributed by atoms with Gasteiger partial charge in [0, 0.05) is 24.5 Å². The Labute approximate surface area is 106 Å². The highest BCUT2D eigenvalue weighted by Gasteiger charge is 2.31. The number of hydrogen-bond donors (Lipinski definition) is 0. The fourth-order valence-corrected chi connectivity index (χ4v) is 2.97. The van der Waals surface area contributed by atoms with Gasteiger partial charge in [0.2, 0.25) is 0 Å². The molecule has 0 N–H and O–H groups in total. The third-order valence-electron chi connectivity index (χ3n) is 3.17. The molecule has 0 aliphatic carbocycles. The normalized spacial score (nSPS) is 25.1. The maximum absolute atomic E-state index is 6.03. The van der Waals surface area contributed by atoms with Crippen molar-refractivity contribution >= 4 is 29.2 Å². The van der Waals surface area contributed by atoms with Gasteiger partial charge in [0.05, 0.1) is 0 Å². The number of anilines is 1. The summed E-state index contributed by atoms with van der Waals surface area (Å²) in [5.74, 6) is 2.32. The van der Waals surface area contributed by atoms with Crippen LogP contribution < -0.4 is 4.90 Å². The zero-order valence-corrected chi connectivity index (χ0v) is 11.1. The summed E-state index contributed by atoms with van der Waals surface area (Å²) in [4.78, 5) is 10.8. The predicted molar refractivity (Wildman–Crippen MR) is 69.4 cm³/mol. The molecule has 1 aromatic heterocycles. The van der Waals surface area contributed by atoms with Crippen molar-refractivity contribution in [1.82, 2.24) is 9.97 Å². The third-order valence-corrected chi connectivity index (χ3v) is 4.13. The van der Waals surface area contributed by atoms with Crippen LogP contribution in [-0.4, -0.2) is 34.7 Å². The largest absolute Gasteiger partial charge is 0.352 e. The van der Waals surface area contributed by atoms with E-state index in [0.29, 0.717) is 17.8 Å². The topological polar surface area (TPSA) is 29.0 Å². The molecule has 2 unspecified atom stereocenters. The van der Waals surface area contributed by atoms with E-state index in [1.807, 2.05) is 12.3 Å². The van der Waals surface area contributed by atoms with E-state index in [0.717, 1.165) is 17.4 Å². The summed E-state index contributed by atoms with van der Waals surface area (Å²) in [5, 5.41) is 1.01. The minimum atomic E-state index is 0.409. The minimum absolute atomic E-state index is 0.409. The van der Waals surface area contributed by atoms with Crippen LogP contribution >= 0.6 is 23.4 Å². The molecule has 0 bridgehead atoms. The molecule has 0 amide bonds. The zero-order valence-electron chi connectivity index (χ0n) is 9.56. The van der Waals surface area contributed by atoms with Crippen LogP contribution in [0.15, 0.2) is 17.4 Å². The molecule has 1 fully saturated rings. The van der Waals surface area contributed by atoms with Gasteiger partial charge in [0.1, 0.15) is 17.2 Å². The number of halogens is 1. The maximum Gasteiger partial charge on any atom is 0.133 e. The number of hydrogen-bond acceptors (Lipinski definition) is 4. The molecule has 0 spiro atoms. The van der Waals surface area contributed by atoms with Crippen molar-refractivity contribution in [3.05, 3.63) is 12.4 Å². The van der Waals surface area contributed by atoms with E-state index in [1.165, 1.54) is 6.42 Å². The Bertz CT molecular complexity index is 361. The average Bonchev–Trinajstić information content (AvgIpc) is 2.70. The van der Waals surface area contributed by atoms with Crippen molar-refractivity contribution in [3.63, 3.8) is 0 Å². The Morgan fingerprint density at radius 3 is 3.06 bits per heavy atom. The van der Waals surface area contributed by atoms with Crippen LogP contribution in [0.4, 0.5) is 5.82 Å². The second-order valence-electron chi connectivity index (χ2n) is 4.10. The van der Waals surface area contributed by atoms with Gasteiger partial charge in [-0.1, -0.05) is 6.92 Å². The Morgan fingerprint density at radius 2 is 2.38 bits per heavy atom. The monoisotopic (exact) mass is 257 g/mol. The highest BCUT2D eigenvalue weighted by atomic mass is 35.5. The molecule has 1 saturated heterocycles. The number of aromatic nitrogens is 2. The first-order valence-electron chi connectivity index (χ1n) is 5.45. The molecule has 2 atom stereocenters. The summed E-state index contributed by atoms with van der Waals surface area (Å²) in [6.45, 7) is 3.30. The van der Waals surface area contributed by atoms with Crippen molar-refractivity contribution in [3.8, 4) is 0 Å². The Hall–Kier alpha value is -0.480. The lowest BCUT2D eigenvalue weighted by atomic mass is 10.1. The molecular formula is C11H16ClN3S. The van der Waals surface area contributed by atoms with Crippen molar-refractivity contribution in [1.29, 1.82) is 0 Å². The molecule has 16 heavy (non-hydrogen) atoms. The molecule has 3 nitrogen and oxygen atoms in total. The number of nitrogens with zero attached hydrogens (tertiary/aromatic N) is 3. The van der Waals surface area contributed by atoms with Crippen LogP contribution in [0.3, 0.4) is 0 Å². The average molecular weight is 258 g/mol. The van der Waals surface area contributed by atoms with Crippen LogP contribution in [-0.2, 0) is 0 Å². The summed E-state index contributed by atoms with van der Waals surface area (Å²) in [6, 6.07) is 2.45. The maximum atomic E-state index is 6.03. The SMILES string of the molecule is CSc1cc(N2CCC(C)C2CCl)ncn1. The van der Waals surface area contributed by atoms with E-state index < -0.39 is 0 Å². The third kappa shape index (κ3) is 2.28. The standard InChI is InChI=1S/C11H16ClN3S/c1-8-3-4-15(9(8)6-12)10-5-11(16-2)14-7-13-10/h5,7-9H,3-4,6H2,1-2H3. The van der Waals surface area contributed by atoms with Gasteiger partial charge in [0.25, 0.3) is 0 Å². The lowest BCUT2D eigenvalue weighted by Gasteiger charge is -2.26. The van der Waals surface area contributed by atoms with E-state index in [1.54, 1.807) is 18.1 Å². The summed E-state index contributed by atoms with van der Waals surface area (Å²) in [5.41, 5.74) is 0. The van der Waals surface area contributed by atoms with Crippen molar-refractivity contribution in [2.24, 2.45) is 5.92 Å². The molecule has 1 aliphatic heterocycles. The predicted octanol–water partition coefficient (Wildman–Crippen LogP) is 2.65. The van der Waals surface area contributed by atoms with E-state index in [4.69, 9.17) is 11.6 Å². The molecular weight excluding hydrogens is 242 g/mol. The Kier molecular flexibility index (Phi) is 3.92. The highest BCUT2D eigenvalue weighted by molar-refractivity contribution is 7.98. The summed E-state index contributed by atoms with van der Waals surface area (Å²) >= 11 is 7.67. The molecule has 1 aromatic rings. The molecule has 0 saturated carbocycles. The van der Waals surface area contributed by atoms with Gasteiger partial charge in [-0.05, 0) is 18.6 Å². The van der Waals surface area contributed by atoms with Gasteiger partial charge < -0.3 is 4.90 Å². The van der Waals surface area contributed by atoms with E-state index in [9.17, 15) is 0 Å². The first-order valence-corrected chi connectivity index (χ1v) is 7.21. The van der Waals surface area contributed by atoms with Gasteiger partial charge in [-0.3, -0.25) is 0 Å². The van der Waals surface area contributed by atoms with Crippen molar-refractivity contribution in [2.75, 3.05) is 23.6 Å².